The van der Waals surface area contributed by atoms with Crippen molar-refractivity contribution in [2.24, 2.45) is 5.73 Å². The topological polar surface area (TPSA) is 54.7 Å². The molecule has 3 N–H and O–H groups in total. The highest BCUT2D eigenvalue weighted by Crippen LogP contribution is 2.17. The van der Waals surface area contributed by atoms with Crippen LogP contribution in [-0.4, -0.2) is 16.0 Å². The Kier molecular flexibility index (Phi) is 1.46. The number of hydrogen-bond donors (Lipinski definition) is 2. The molecule has 1 heterocycles. The molecule has 1 atom stereocenters. The summed E-state index contributed by atoms with van der Waals surface area (Å²) in [5.74, 6) is 1.02. The van der Waals surface area contributed by atoms with Crippen LogP contribution in [0.3, 0.4) is 0 Å². The van der Waals surface area contributed by atoms with Crippen molar-refractivity contribution in [1.82, 2.24) is 9.97 Å². The van der Waals surface area contributed by atoms with Crippen LogP contribution in [0.25, 0.3) is 0 Å². The number of nitrogens with two attached hydrogens (primary N) is 1. The minimum atomic E-state index is 0.336. The molecule has 0 spiro atoms. The summed E-state index contributed by atoms with van der Waals surface area (Å²) in [4.78, 5) is 7.61. The molecule has 1 aliphatic carbocycles. The van der Waals surface area contributed by atoms with Crippen LogP contribution in [0, 0.1) is 6.92 Å². The predicted octanol–water partition coefficient (Wildman–Crippen LogP) is 0.534. The number of H-pyrrole nitrogens is 1. The van der Waals surface area contributed by atoms with Crippen molar-refractivity contribution >= 4 is 0 Å². The Labute approximate surface area is 66.0 Å². The van der Waals surface area contributed by atoms with Crippen LogP contribution >= 0.6 is 0 Å². The first-order chi connectivity index (χ1) is 5.25. The van der Waals surface area contributed by atoms with E-state index in [1.807, 2.05) is 6.92 Å². The van der Waals surface area contributed by atoms with E-state index in [-0.39, 0.29) is 0 Å². The summed E-state index contributed by atoms with van der Waals surface area (Å²) in [6, 6.07) is 0.336. The summed E-state index contributed by atoms with van der Waals surface area (Å²) in [6.45, 7) is 1.99. The average molecular weight is 151 g/mol. The van der Waals surface area contributed by atoms with Crippen LogP contribution < -0.4 is 5.73 Å². The molecule has 0 radical (unpaired) electrons. The van der Waals surface area contributed by atoms with Crippen molar-refractivity contribution in [3.05, 3.63) is 17.2 Å². The first kappa shape index (κ1) is 6.85. The zero-order valence-electron chi connectivity index (χ0n) is 6.72. The van der Waals surface area contributed by atoms with Gasteiger partial charge in [0.25, 0.3) is 0 Å². The molecule has 0 bridgehead atoms. The van der Waals surface area contributed by atoms with Crippen LogP contribution in [0.4, 0.5) is 0 Å². The van der Waals surface area contributed by atoms with E-state index in [0.717, 1.165) is 25.1 Å². The number of aryl methyl sites for hydroxylation is 2. The first-order valence-electron chi connectivity index (χ1n) is 4.05. The van der Waals surface area contributed by atoms with E-state index in [4.69, 9.17) is 5.73 Å². The zero-order valence-corrected chi connectivity index (χ0v) is 6.72. The zero-order chi connectivity index (χ0) is 7.84. The van der Waals surface area contributed by atoms with Gasteiger partial charge in [0.2, 0.25) is 0 Å². The Hall–Kier alpha value is -0.830. The van der Waals surface area contributed by atoms with Gasteiger partial charge in [-0.1, -0.05) is 0 Å². The number of imidazole rings is 1. The number of nitrogens with one attached hydrogen (secondary N) is 1. The molecule has 1 aliphatic rings. The molecule has 0 saturated carbocycles. The minimum Gasteiger partial charge on any atom is -0.346 e. The smallest absolute Gasteiger partial charge is 0.103 e. The molecule has 3 heteroatoms. The normalized spacial score (nSPS) is 23.3. The van der Waals surface area contributed by atoms with Gasteiger partial charge < -0.3 is 10.7 Å². The summed E-state index contributed by atoms with van der Waals surface area (Å²) < 4.78 is 0. The quantitative estimate of drug-likeness (QED) is 0.568. The Bertz CT molecular complexity index is 264. The lowest BCUT2D eigenvalue weighted by Crippen LogP contribution is -2.27. The second kappa shape index (κ2) is 2.34. The fourth-order valence-electron chi connectivity index (χ4n) is 1.65. The van der Waals surface area contributed by atoms with E-state index in [1.165, 1.54) is 11.4 Å². The largest absolute Gasteiger partial charge is 0.346 e. The van der Waals surface area contributed by atoms with Gasteiger partial charge in [-0.15, -0.1) is 0 Å². The van der Waals surface area contributed by atoms with Gasteiger partial charge in [0, 0.05) is 18.2 Å². The van der Waals surface area contributed by atoms with Gasteiger partial charge in [-0.3, -0.25) is 0 Å². The SMILES string of the molecule is Cc1nc2c([nH]1)CC(N)CC2. The first-order valence-corrected chi connectivity index (χ1v) is 4.05. The highest BCUT2D eigenvalue weighted by atomic mass is 14.9. The molecule has 0 amide bonds. The highest BCUT2D eigenvalue weighted by molar-refractivity contribution is 5.18. The fourth-order valence-corrected chi connectivity index (χ4v) is 1.65. The molecule has 1 aromatic heterocycles. The van der Waals surface area contributed by atoms with Crippen LogP contribution in [0.5, 0.6) is 0 Å². The summed E-state index contributed by atoms with van der Waals surface area (Å²) in [5, 5.41) is 0. The van der Waals surface area contributed by atoms with Crippen molar-refractivity contribution < 1.29 is 0 Å². The van der Waals surface area contributed by atoms with Crippen molar-refractivity contribution in [3.63, 3.8) is 0 Å². The fraction of sp³-hybridized carbons (Fsp3) is 0.625. The molecule has 0 saturated heterocycles. The Morgan fingerprint density at radius 2 is 2.45 bits per heavy atom. The molecular formula is C8H13N3. The molecule has 2 rings (SSSR count). The third-order valence-corrected chi connectivity index (χ3v) is 2.20. The lowest BCUT2D eigenvalue weighted by molar-refractivity contribution is 0.565. The van der Waals surface area contributed by atoms with E-state index in [1.54, 1.807) is 0 Å². The molecule has 3 nitrogen and oxygen atoms in total. The molecule has 0 fully saturated rings. The maximum Gasteiger partial charge on any atom is 0.103 e. The summed E-state index contributed by atoms with van der Waals surface area (Å²) in [6.07, 6.45) is 3.09. The van der Waals surface area contributed by atoms with Crippen molar-refractivity contribution in [2.45, 2.75) is 32.2 Å². The number of aromatic amines is 1. The van der Waals surface area contributed by atoms with Crippen molar-refractivity contribution in [3.8, 4) is 0 Å². The van der Waals surface area contributed by atoms with Crippen molar-refractivity contribution in [1.29, 1.82) is 0 Å². The number of hydrogen-bond acceptors (Lipinski definition) is 2. The van der Waals surface area contributed by atoms with Crippen LogP contribution in [0.2, 0.25) is 0 Å². The molecule has 0 aliphatic heterocycles. The van der Waals surface area contributed by atoms with Crippen LogP contribution in [-0.2, 0) is 12.8 Å². The lowest BCUT2D eigenvalue weighted by Gasteiger charge is -2.15. The van der Waals surface area contributed by atoms with Crippen LogP contribution in [0.15, 0.2) is 0 Å². The molecule has 0 aromatic carbocycles. The maximum absolute atomic E-state index is 5.81. The van der Waals surface area contributed by atoms with Crippen LogP contribution in [0.1, 0.15) is 23.6 Å². The number of aromatic nitrogens is 2. The van der Waals surface area contributed by atoms with E-state index in [9.17, 15) is 0 Å². The predicted molar refractivity (Wildman–Crippen MR) is 43.3 cm³/mol. The third-order valence-electron chi connectivity index (χ3n) is 2.20. The maximum atomic E-state index is 5.81. The Balaban J connectivity index is 2.34. The van der Waals surface area contributed by atoms with Gasteiger partial charge in [0.1, 0.15) is 5.82 Å². The second-order valence-electron chi connectivity index (χ2n) is 3.25. The lowest BCUT2D eigenvalue weighted by atomic mass is 9.97. The van der Waals surface area contributed by atoms with E-state index in [2.05, 4.69) is 9.97 Å². The van der Waals surface area contributed by atoms with E-state index < -0.39 is 0 Å². The number of nitrogens with zero attached hydrogens (tertiary/aromatic N) is 1. The van der Waals surface area contributed by atoms with E-state index >= 15 is 0 Å². The summed E-state index contributed by atoms with van der Waals surface area (Å²) in [5.41, 5.74) is 8.29. The van der Waals surface area contributed by atoms with Gasteiger partial charge in [0.15, 0.2) is 0 Å². The Morgan fingerprint density at radius 1 is 1.64 bits per heavy atom. The van der Waals surface area contributed by atoms with Gasteiger partial charge in [-0.25, -0.2) is 4.98 Å². The molecular weight excluding hydrogens is 138 g/mol. The van der Waals surface area contributed by atoms with E-state index in [0.29, 0.717) is 6.04 Å². The second-order valence-corrected chi connectivity index (χ2v) is 3.25. The molecule has 60 valence electrons. The van der Waals surface area contributed by atoms with Gasteiger partial charge in [-0.2, -0.15) is 0 Å². The van der Waals surface area contributed by atoms with Crippen molar-refractivity contribution in [2.75, 3.05) is 0 Å². The molecule has 1 unspecified atom stereocenters. The van der Waals surface area contributed by atoms with Gasteiger partial charge in [-0.05, 0) is 19.8 Å². The summed E-state index contributed by atoms with van der Waals surface area (Å²) >= 11 is 0. The molecule has 11 heavy (non-hydrogen) atoms. The summed E-state index contributed by atoms with van der Waals surface area (Å²) in [7, 11) is 0. The number of fused-ring (bicyclic) bond motifs is 1. The number of rotatable bonds is 0. The van der Waals surface area contributed by atoms with Gasteiger partial charge in [0.05, 0.1) is 5.69 Å². The minimum absolute atomic E-state index is 0.336. The van der Waals surface area contributed by atoms with Gasteiger partial charge >= 0.3 is 0 Å². The molecule has 1 aromatic rings. The average Bonchev–Trinajstić information content (AvgIpc) is 2.27. The monoisotopic (exact) mass is 151 g/mol. The Morgan fingerprint density at radius 3 is 3.27 bits per heavy atom. The standard InChI is InChI=1S/C8H13N3/c1-5-10-7-3-2-6(9)4-8(7)11-5/h6H,2-4,9H2,1H3,(H,10,11). The third kappa shape index (κ3) is 1.16. The highest BCUT2D eigenvalue weighted by Gasteiger charge is 2.17.